The third-order valence-corrected chi connectivity index (χ3v) is 3.34. The van der Waals surface area contributed by atoms with Crippen molar-refractivity contribution in [1.82, 2.24) is 10.3 Å². The summed E-state index contributed by atoms with van der Waals surface area (Å²) in [5.41, 5.74) is 1.86. The van der Waals surface area contributed by atoms with Crippen LogP contribution in [0.2, 0.25) is 0 Å². The van der Waals surface area contributed by atoms with E-state index in [9.17, 15) is 4.79 Å². The van der Waals surface area contributed by atoms with Gasteiger partial charge in [-0.2, -0.15) is 0 Å². The number of hydrogen-bond donors (Lipinski definition) is 2. The highest BCUT2D eigenvalue weighted by molar-refractivity contribution is 5.90. The molecule has 5 heteroatoms. The smallest absolute Gasteiger partial charge is 0.222 e. The van der Waals surface area contributed by atoms with Gasteiger partial charge >= 0.3 is 0 Å². The number of hydrogen-bond acceptors (Lipinski definition) is 4. The van der Waals surface area contributed by atoms with Crippen molar-refractivity contribution in [3.63, 3.8) is 0 Å². The minimum atomic E-state index is -0.0166. The molecule has 0 spiro atoms. The zero-order valence-corrected chi connectivity index (χ0v) is 12.1. The molecule has 0 aliphatic heterocycles. The van der Waals surface area contributed by atoms with Gasteiger partial charge in [0.2, 0.25) is 5.91 Å². The Bertz CT molecular complexity index is 748. The fraction of sp³-hybridized carbons (Fsp3) is 0.176. The molecule has 2 N–H and O–H groups in total. The number of fused-ring (bicyclic) bond motifs is 1. The van der Waals surface area contributed by atoms with Gasteiger partial charge in [-0.15, -0.1) is 0 Å². The fourth-order valence-corrected chi connectivity index (χ4v) is 2.24. The van der Waals surface area contributed by atoms with Crippen LogP contribution in [-0.2, 0) is 11.3 Å². The van der Waals surface area contributed by atoms with Crippen LogP contribution in [0.3, 0.4) is 0 Å². The zero-order valence-electron chi connectivity index (χ0n) is 12.1. The van der Waals surface area contributed by atoms with Crippen LogP contribution >= 0.6 is 0 Å². The lowest BCUT2D eigenvalue weighted by molar-refractivity contribution is -0.121. The summed E-state index contributed by atoms with van der Waals surface area (Å²) in [7, 11) is 0. The molecule has 0 bridgehead atoms. The molecule has 0 aliphatic carbocycles. The van der Waals surface area contributed by atoms with Gasteiger partial charge in [-0.1, -0.05) is 18.2 Å². The summed E-state index contributed by atoms with van der Waals surface area (Å²) in [6.07, 6.45) is 3.75. The first-order valence-corrected chi connectivity index (χ1v) is 7.19. The van der Waals surface area contributed by atoms with E-state index < -0.39 is 0 Å². The fourth-order valence-electron chi connectivity index (χ4n) is 2.24. The molecule has 2 heterocycles. The third kappa shape index (κ3) is 3.44. The maximum Gasteiger partial charge on any atom is 0.222 e. The van der Waals surface area contributed by atoms with E-state index in [-0.39, 0.29) is 5.91 Å². The summed E-state index contributed by atoms with van der Waals surface area (Å²) < 4.78 is 5.17. The number of carbonyl (C=O) groups excluding carboxylic acids is 1. The number of amides is 1. The Labute approximate surface area is 128 Å². The summed E-state index contributed by atoms with van der Waals surface area (Å²) in [6, 6.07) is 13.5. The van der Waals surface area contributed by atoms with Crippen molar-refractivity contribution < 1.29 is 9.21 Å². The first-order valence-electron chi connectivity index (χ1n) is 7.19. The lowest BCUT2D eigenvalue weighted by Crippen LogP contribution is -2.24. The molecule has 0 saturated heterocycles. The first kappa shape index (κ1) is 14.1. The lowest BCUT2D eigenvalue weighted by atomic mass is 10.2. The van der Waals surface area contributed by atoms with E-state index in [0.717, 1.165) is 22.4 Å². The van der Waals surface area contributed by atoms with Crippen LogP contribution in [0.25, 0.3) is 10.9 Å². The van der Waals surface area contributed by atoms with E-state index in [2.05, 4.69) is 15.6 Å². The van der Waals surface area contributed by atoms with Crippen molar-refractivity contribution in [2.45, 2.75) is 13.0 Å². The number of nitrogens with zero attached hydrogens (tertiary/aromatic N) is 1. The van der Waals surface area contributed by atoms with Gasteiger partial charge in [-0.3, -0.25) is 9.78 Å². The molecule has 1 amide bonds. The summed E-state index contributed by atoms with van der Waals surface area (Å²) in [5, 5.41) is 7.16. The minimum absolute atomic E-state index is 0.0166. The molecule has 3 rings (SSSR count). The number of furan rings is 1. The molecule has 0 fully saturated rings. The predicted octanol–water partition coefficient (Wildman–Crippen LogP) is 2.95. The van der Waals surface area contributed by atoms with Crippen molar-refractivity contribution in [3.8, 4) is 0 Å². The Hall–Kier alpha value is -2.82. The molecule has 0 aliphatic rings. The van der Waals surface area contributed by atoms with Gasteiger partial charge in [-0.05, 0) is 24.3 Å². The van der Waals surface area contributed by atoms with Crippen LogP contribution in [-0.4, -0.2) is 17.4 Å². The zero-order chi connectivity index (χ0) is 15.2. The van der Waals surface area contributed by atoms with E-state index >= 15 is 0 Å². The van der Waals surface area contributed by atoms with E-state index in [0.29, 0.717) is 19.5 Å². The van der Waals surface area contributed by atoms with Crippen LogP contribution in [0.5, 0.6) is 0 Å². The number of rotatable bonds is 6. The Morgan fingerprint density at radius 1 is 1.14 bits per heavy atom. The molecule has 5 nitrogen and oxygen atoms in total. The number of aromatic nitrogens is 1. The van der Waals surface area contributed by atoms with E-state index in [1.807, 2.05) is 36.4 Å². The second kappa shape index (κ2) is 6.76. The highest BCUT2D eigenvalue weighted by Crippen LogP contribution is 2.20. The molecular weight excluding hydrogens is 278 g/mol. The van der Waals surface area contributed by atoms with Crippen LogP contribution in [0.4, 0.5) is 5.69 Å². The van der Waals surface area contributed by atoms with Gasteiger partial charge in [0, 0.05) is 24.5 Å². The van der Waals surface area contributed by atoms with E-state index in [4.69, 9.17) is 4.42 Å². The van der Waals surface area contributed by atoms with Crippen molar-refractivity contribution in [1.29, 1.82) is 0 Å². The molecule has 0 unspecified atom stereocenters. The molecule has 0 saturated carbocycles. The van der Waals surface area contributed by atoms with Crippen LogP contribution < -0.4 is 10.6 Å². The van der Waals surface area contributed by atoms with Crippen molar-refractivity contribution in [3.05, 3.63) is 60.7 Å². The largest absolute Gasteiger partial charge is 0.467 e. The molecular formula is C17H17N3O2. The molecule has 3 aromatic rings. The molecule has 0 radical (unpaired) electrons. The third-order valence-electron chi connectivity index (χ3n) is 3.34. The number of para-hydroxylation sites is 1. The average molecular weight is 295 g/mol. The van der Waals surface area contributed by atoms with Gasteiger partial charge in [0.15, 0.2) is 0 Å². The van der Waals surface area contributed by atoms with Crippen LogP contribution in [0, 0.1) is 0 Å². The maximum absolute atomic E-state index is 11.8. The lowest BCUT2D eigenvalue weighted by Gasteiger charge is -2.09. The van der Waals surface area contributed by atoms with Gasteiger partial charge in [-0.25, -0.2) is 0 Å². The van der Waals surface area contributed by atoms with Crippen LogP contribution in [0.1, 0.15) is 12.2 Å². The predicted molar refractivity (Wildman–Crippen MR) is 85.4 cm³/mol. The first-order chi connectivity index (χ1) is 10.8. The summed E-state index contributed by atoms with van der Waals surface area (Å²) in [6.45, 7) is 0.974. The Kier molecular flexibility index (Phi) is 4.34. The average Bonchev–Trinajstić information content (AvgIpc) is 3.07. The number of pyridine rings is 1. The van der Waals surface area contributed by atoms with Gasteiger partial charge < -0.3 is 15.1 Å². The Balaban J connectivity index is 1.50. The van der Waals surface area contributed by atoms with E-state index in [1.165, 1.54) is 0 Å². The maximum atomic E-state index is 11.8. The van der Waals surface area contributed by atoms with Crippen LogP contribution in [0.15, 0.2) is 59.3 Å². The highest BCUT2D eigenvalue weighted by atomic mass is 16.3. The topological polar surface area (TPSA) is 67.2 Å². The monoisotopic (exact) mass is 295 g/mol. The number of nitrogens with one attached hydrogen (secondary N) is 2. The standard InChI is InChI=1S/C17H17N3O2/c21-16(20-12-14-6-3-11-22-14)8-10-18-15-7-1-4-13-5-2-9-19-17(13)15/h1-7,9,11,18H,8,10,12H2,(H,20,21). The van der Waals surface area contributed by atoms with Gasteiger partial charge in [0.05, 0.1) is 24.0 Å². The molecule has 22 heavy (non-hydrogen) atoms. The Morgan fingerprint density at radius 3 is 2.91 bits per heavy atom. The number of anilines is 1. The number of carbonyl (C=O) groups is 1. The van der Waals surface area contributed by atoms with Gasteiger partial charge in [0.25, 0.3) is 0 Å². The molecule has 2 aromatic heterocycles. The Morgan fingerprint density at radius 2 is 2.05 bits per heavy atom. The molecule has 0 atom stereocenters. The molecule has 1 aromatic carbocycles. The SMILES string of the molecule is O=C(CCNc1cccc2cccnc12)NCc1ccco1. The quantitative estimate of drug-likeness (QED) is 0.733. The normalized spacial score (nSPS) is 10.5. The molecule has 112 valence electrons. The minimum Gasteiger partial charge on any atom is -0.467 e. The summed E-state index contributed by atoms with van der Waals surface area (Å²) >= 11 is 0. The highest BCUT2D eigenvalue weighted by Gasteiger charge is 2.04. The van der Waals surface area contributed by atoms with E-state index in [1.54, 1.807) is 18.5 Å². The van der Waals surface area contributed by atoms with Crippen molar-refractivity contribution in [2.24, 2.45) is 0 Å². The summed E-state index contributed by atoms with van der Waals surface area (Å²) in [4.78, 5) is 16.2. The van der Waals surface area contributed by atoms with Crippen molar-refractivity contribution in [2.75, 3.05) is 11.9 Å². The summed E-state index contributed by atoms with van der Waals surface area (Å²) in [5.74, 6) is 0.733. The second-order valence-corrected chi connectivity index (χ2v) is 4.91. The number of benzene rings is 1. The van der Waals surface area contributed by atoms with Gasteiger partial charge in [0.1, 0.15) is 5.76 Å². The van der Waals surface area contributed by atoms with Crippen molar-refractivity contribution >= 4 is 22.5 Å². The second-order valence-electron chi connectivity index (χ2n) is 4.91.